The Morgan fingerprint density at radius 3 is 2.55 bits per heavy atom. The predicted molar refractivity (Wildman–Crippen MR) is 73.0 cm³/mol. The van der Waals surface area contributed by atoms with Gasteiger partial charge in [0, 0.05) is 21.5 Å². The highest BCUT2D eigenvalue weighted by molar-refractivity contribution is 7.99. The second kappa shape index (κ2) is 5.94. The van der Waals surface area contributed by atoms with Gasteiger partial charge in [0.05, 0.1) is 15.8 Å². The molecule has 0 heterocycles. The zero-order chi connectivity index (χ0) is 14.7. The number of carboxylic acid groups (broad SMARTS) is 1. The van der Waals surface area contributed by atoms with E-state index in [9.17, 15) is 20.0 Å². The lowest BCUT2D eigenvalue weighted by atomic mass is 10.2. The van der Waals surface area contributed by atoms with E-state index in [0.717, 1.165) is 22.7 Å². The number of aromatic carboxylic acids is 1. The fourth-order valence-electron chi connectivity index (χ4n) is 1.53. The van der Waals surface area contributed by atoms with Gasteiger partial charge in [-0.3, -0.25) is 10.1 Å². The number of carbonyl (C=O) groups excluding carboxylic acids is 1. The van der Waals surface area contributed by atoms with Crippen molar-refractivity contribution < 1.29 is 14.8 Å². The molecule has 2 rings (SSSR count). The molecule has 5 nitrogen and oxygen atoms in total. The molecule has 0 N–H and O–H groups in total. The number of nitro benzene ring substituents is 1. The first-order valence-corrected chi connectivity index (χ1v) is 6.60. The van der Waals surface area contributed by atoms with Crippen LogP contribution in [-0.2, 0) is 0 Å². The molecular formula is C13H7ClNO4S-. The number of nitrogens with zero attached hydrogens (tertiary/aromatic N) is 1. The zero-order valence-corrected chi connectivity index (χ0v) is 11.5. The minimum absolute atomic E-state index is 0.229. The maximum absolute atomic E-state index is 11.0. The highest BCUT2D eigenvalue weighted by atomic mass is 35.5. The van der Waals surface area contributed by atoms with Gasteiger partial charge in [-0.15, -0.1) is 0 Å². The minimum Gasteiger partial charge on any atom is -0.545 e. The van der Waals surface area contributed by atoms with Gasteiger partial charge in [0.2, 0.25) is 0 Å². The highest BCUT2D eigenvalue weighted by Crippen LogP contribution is 2.36. The Bertz CT molecular complexity index is 690. The monoisotopic (exact) mass is 308 g/mol. The molecule has 0 aliphatic rings. The van der Waals surface area contributed by atoms with Gasteiger partial charge >= 0.3 is 0 Å². The third-order valence-electron chi connectivity index (χ3n) is 2.42. The maximum Gasteiger partial charge on any atom is 0.283 e. The van der Waals surface area contributed by atoms with E-state index < -0.39 is 10.9 Å². The van der Waals surface area contributed by atoms with E-state index in [1.54, 1.807) is 24.3 Å². The van der Waals surface area contributed by atoms with Crippen LogP contribution in [0.5, 0.6) is 0 Å². The average molecular weight is 309 g/mol. The molecule has 2 aromatic rings. The third kappa shape index (κ3) is 3.28. The van der Waals surface area contributed by atoms with Crippen LogP contribution in [-0.4, -0.2) is 10.9 Å². The largest absolute Gasteiger partial charge is 0.545 e. The standard InChI is InChI=1S/C13H8ClNO4S/c14-9-2-1-3-10(7-9)20-12-5-4-8(13(16)17)6-11(12)15(18)19/h1-7H,(H,16,17)/p-1. The van der Waals surface area contributed by atoms with Crippen LogP contribution in [0.3, 0.4) is 0 Å². The molecule has 20 heavy (non-hydrogen) atoms. The number of benzene rings is 2. The van der Waals surface area contributed by atoms with Gasteiger partial charge in [-0.2, -0.15) is 0 Å². The molecule has 2 aromatic carbocycles. The van der Waals surface area contributed by atoms with E-state index in [0.29, 0.717) is 9.92 Å². The number of halogens is 1. The molecule has 0 amide bonds. The first-order chi connectivity index (χ1) is 9.47. The van der Waals surface area contributed by atoms with E-state index >= 15 is 0 Å². The van der Waals surface area contributed by atoms with Gasteiger partial charge in [-0.25, -0.2) is 0 Å². The second-order valence-electron chi connectivity index (χ2n) is 3.79. The Morgan fingerprint density at radius 1 is 1.20 bits per heavy atom. The van der Waals surface area contributed by atoms with Crippen molar-refractivity contribution in [2.24, 2.45) is 0 Å². The number of carboxylic acids is 1. The third-order valence-corrected chi connectivity index (χ3v) is 3.71. The molecule has 0 fully saturated rings. The van der Waals surface area contributed by atoms with Crippen molar-refractivity contribution in [3.05, 3.63) is 63.2 Å². The normalized spacial score (nSPS) is 10.2. The van der Waals surface area contributed by atoms with Crippen LogP contribution < -0.4 is 5.11 Å². The number of rotatable bonds is 4. The van der Waals surface area contributed by atoms with E-state index in [-0.39, 0.29) is 11.3 Å². The summed E-state index contributed by atoms with van der Waals surface area (Å²) in [6, 6.07) is 10.5. The molecule has 0 aliphatic heterocycles. The first kappa shape index (κ1) is 14.4. The molecule has 0 radical (unpaired) electrons. The molecule has 0 saturated heterocycles. The Labute approximate surface area is 123 Å². The van der Waals surface area contributed by atoms with Crippen molar-refractivity contribution in [2.45, 2.75) is 9.79 Å². The Kier molecular flexibility index (Phi) is 4.26. The molecule has 0 spiro atoms. The van der Waals surface area contributed by atoms with Gasteiger partial charge < -0.3 is 9.90 Å². The van der Waals surface area contributed by atoms with Crippen molar-refractivity contribution in [1.82, 2.24) is 0 Å². The highest BCUT2D eigenvalue weighted by Gasteiger charge is 2.16. The topological polar surface area (TPSA) is 83.3 Å². The van der Waals surface area contributed by atoms with Crippen LogP contribution in [0, 0.1) is 10.1 Å². The molecule has 0 unspecified atom stereocenters. The SMILES string of the molecule is O=C([O-])c1ccc(Sc2cccc(Cl)c2)c([N+](=O)[O-])c1. The van der Waals surface area contributed by atoms with Crippen molar-refractivity contribution in [1.29, 1.82) is 0 Å². The van der Waals surface area contributed by atoms with Crippen LogP contribution in [0.15, 0.2) is 52.3 Å². The van der Waals surface area contributed by atoms with Crippen LogP contribution in [0.2, 0.25) is 5.02 Å². The summed E-state index contributed by atoms with van der Waals surface area (Å²) in [5.41, 5.74) is -0.510. The first-order valence-electron chi connectivity index (χ1n) is 5.40. The summed E-state index contributed by atoms with van der Waals surface area (Å²) in [4.78, 5) is 22.2. The quantitative estimate of drug-likeness (QED) is 0.640. The molecule has 0 aliphatic carbocycles. The summed E-state index contributed by atoms with van der Waals surface area (Å²) < 4.78 is 0. The summed E-state index contributed by atoms with van der Waals surface area (Å²) in [5, 5.41) is 22.3. The van der Waals surface area contributed by atoms with E-state index in [1.807, 2.05) is 0 Å². The smallest absolute Gasteiger partial charge is 0.283 e. The van der Waals surface area contributed by atoms with E-state index in [4.69, 9.17) is 11.6 Å². The minimum atomic E-state index is -1.45. The summed E-state index contributed by atoms with van der Waals surface area (Å²) in [5.74, 6) is -1.45. The molecule has 0 atom stereocenters. The van der Waals surface area contributed by atoms with Crippen molar-refractivity contribution >= 4 is 35.0 Å². The molecule has 0 aromatic heterocycles. The van der Waals surface area contributed by atoms with Crippen molar-refractivity contribution in [3.8, 4) is 0 Å². The molecule has 0 bridgehead atoms. The maximum atomic E-state index is 11.0. The Morgan fingerprint density at radius 2 is 1.95 bits per heavy atom. The van der Waals surface area contributed by atoms with E-state index in [2.05, 4.69) is 0 Å². The summed E-state index contributed by atoms with van der Waals surface area (Å²) in [7, 11) is 0. The summed E-state index contributed by atoms with van der Waals surface area (Å²) in [6.45, 7) is 0. The van der Waals surface area contributed by atoms with Crippen molar-refractivity contribution in [2.75, 3.05) is 0 Å². The lowest BCUT2D eigenvalue weighted by molar-refractivity contribution is -0.387. The van der Waals surface area contributed by atoms with Gasteiger partial charge in [-0.05, 0) is 24.3 Å². The van der Waals surface area contributed by atoms with Gasteiger partial charge in [0.25, 0.3) is 5.69 Å². The fourth-order valence-corrected chi connectivity index (χ4v) is 2.75. The molecule has 0 saturated carbocycles. The van der Waals surface area contributed by atoms with Crippen LogP contribution in [0.4, 0.5) is 5.69 Å². The number of carbonyl (C=O) groups is 1. The number of hydrogen-bond acceptors (Lipinski definition) is 5. The average Bonchev–Trinajstić information content (AvgIpc) is 2.38. The van der Waals surface area contributed by atoms with Gasteiger partial charge in [0.1, 0.15) is 0 Å². The lowest BCUT2D eigenvalue weighted by Gasteiger charge is -2.06. The number of hydrogen-bond donors (Lipinski definition) is 0. The summed E-state index contributed by atoms with van der Waals surface area (Å²) in [6.07, 6.45) is 0. The Hall–Kier alpha value is -2.05. The summed E-state index contributed by atoms with van der Waals surface area (Å²) >= 11 is 6.98. The predicted octanol–water partition coefficient (Wildman–Crippen LogP) is 2.76. The van der Waals surface area contributed by atoms with Crippen molar-refractivity contribution in [3.63, 3.8) is 0 Å². The molecule has 102 valence electrons. The second-order valence-corrected chi connectivity index (χ2v) is 5.34. The van der Waals surface area contributed by atoms with Gasteiger partial charge in [-0.1, -0.05) is 35.5 Å². The number of nitro groups is 1. The zero-order valence-electron chi connectivity index (χ0n) is 9.91. The molecular weight excluding hydrogens is 302 g/mol. The fraction of sp³-hybridized carbons (Fsp3) is 0. The van der Waals surface area contributed by atoms with Crippen LogP contribution in [0.1, 0.15) is 10.4 Å². The van der Waals surface area contributed by atoms with Crippen LogP contribution in [0.25, 0.3) is 0 Å². The van der Waals surface area contributed by atoms with Crippen LogP contribution >= 0.6 is 23.4 Å². The lowest BCUT2D eigenvalue weighted by Crippen LogP contribution is -2.22. The molecule has 7 heteroatoms. The van der Waals surface area contributed by atoms with Gasteiger partial charge in [0.15, 0.2) is 0 Å². The van der Waals surface area contributed by atoms with E-state index in [1.165, 1.54) is 12.1 Å². The Balaban J connectivity index is 2.41.